The van der Waals surface area contributed by atoms with Gasteiger partial charge in [0.25, 0.3) is 11.8 Å². The smallest absolute Gasteiger partial charge is 0.322 e. The molecule has 0 aliphatic carbocycles. The maximum absolute atomic E-state index is 12.2. The Hall–Kier alpha value is -2.03. The van der Waals surface area contributed by atoms with Crippen LogP contribution in [0.4, 0.5) is 4.79 Å². The number of rotatable bonds is 1. The first-order valence-electron chi connectivity index (χ1n) is 5.81. The van der Waals surface area contributed by atoms with Crippen molar-refractivity contribution in [3.05, 3.63) is 11.9 Å². The molecule has 0 aromatic carbocycles. The number of hydrogen-bond donors (Lipinski definition) is 2. The van der Waals surface area contributed by atoms with Crippen LogP contribution in [-0.2, 0) is 4.79 Å². The van der Waals surface area contributed by atoms with E-state index in [-0.39, 0.29) is 24.1 Å². The molecular formula is C10H11N5O3S. The van der Waals surface area contributed by atoms with Gasteiger partial charge in [0, 0.05) is 6.54 Å². The molecule has 2 saturated heterocycles. The second-order valence-corrected chi connectivity index (χ2v) is 5.17. The Morgan fingerprint density at radius 2 is 2.32 bits per heavy atom. The zero-order valence-corrected chi connectivity index (χ0v) is 10.7. The van der Waals surface area contributed by atoms with Crippen LogP contribution in [0.3, 0.4) is 0 Å². The van der Waals surface area contributed by atoms with Gasteiger partial charge in [0.1, 0.15) is 5.54 Å². The van der Waals surface area contributed by atoms with Crippen LogP contribution in [0.25, 0.3) is 0 Å². The first kappa shape index (κ1) is 12.0. The lowest BCUT2D eigenvalue weighted by atomic mass is 9.89. The zero-order chi connectivity index (χ0) is 13.5. The molecule has 1 spiro atoms. The summed E-state index contributed by atoms with van der Waals surface area (Å²) in [6.07, 6.45) is 2.59. The largest absolute Gasteiger partial charge is 0.334 e. The molecule has 3 rings (SSSR count). The van der Waals surface area contributed by atoms with Crippen LogP contribution in [-0.4, -0.2) is 50.1 Å². The van der Waals surface area contributed by atoms with E-state index in [1.165, 1.54) is 11.1 Å². The van der Waals surface area contributed by atoms with E-state index >= 15 is 0 Å². The minimum Gasteiger partial charge on any atom is -0.334 e. The summed E-state index contributed by atoms with van der Waals surface area (Å²) in [4.78, 5) is 36.8. The van der Waals surface area contributed by atoms with E-state index in [1.807, 2.05) is 0 Å². The third kappa shape index (κ3) is 1.95. The molecule has 4 amide bonds. The summed E-state index contributed by atoms with van der Waals surface area (Å²) >= 11 is 0.960. The Bertz CT molecular complexity index is 545. The van der Waals surface area contributed by atoms with Crippen molar-refractivity contribution in [1.82, 2.24) is 24.3 Å². The highest BCUT2D eigenvalue weighted by molar-refractivity contribution is 6.99. The van der Waals surface area contributed by atoms with E-state index in [0.29, 0.717) is 19.4 Å². The minimum atomic E-state index is -0.992. The fraction of sp³-hybridized carbons (Fsp3) is 0.500. The van der Waals surface area contributed by atoms with Crippen LogP contribution < -0.4 is 10.6 Å². The third-order valence-corrected chi connectivity index (χ3v) is 3.85. The quantitative estimate of drug-likeness (QED) is 0.666. The predicted octanol–water partition coefficient (Wildman–Crippen LogP) is -0.648. The fourth-order valence-corrected chi connectivity index (χ4v) is 2.87. The second kappa shape index (κ2) is 4.26. The number of likely N-dealkylation sites (tertiary alicyclic amines) is 1. The van der Waals surface area contributed by atoms with Crippen LogP contribution in [0.5, 0.6) is 0 Å². The van der Waals surface area contributed by atoms with E-state index in [4.69, 9.17) is 0 Å². The summed E-state index contributed by atoms with van der Waals surface area (Å²) in [5, 5.41) is 4.84. The number of urea groups is 1. The first-order valence-corrected chi connectivity index (χ1v) is 6.54. The molecular weight excluding hydrogens is 270 g/mol. The van der Waals surface area contributed by atoms with Crippen molar-refractivity contribution >= 4 is 29.6 Å². The fourth-order valence-electron chi connectivity index (χ4n) is 2.47. The molecule has 9 heteroatoms. The third-order valence-electron chi connectivity index (χ3n) is 3.37. The SMILES string of the molecule is O=C1NC(=O)C2(CCCN(C(=O)c3cnsn3)C2)N1. The summed E-state index contributed by atoms with van der Waals surface area (Å²) in [5.41, 5.74) is -0.721. The minimum absolute atomic E-state index is 0.168. The van der Waals surface area contributed by atoms with Gasteiger partial charge in [-0.1, -0.05) is 0 Å². The van der Waals surface area contributed by atoms with Crippen LogP contribution >= 0.6 is 11.7 Å². The highest BCUT2D eigenvalue weighted by Crippen LogP contribution is 2.25. The van der Waals surface area contributed by atoms with E-state index < -0.39 is 11.6 Å². The van der Waals surface area contributed by atoms with Crippen LogP contribution in [0.2, 0.25) is 0 Å². The highest BCUT2D eigenvalue weighted by Gasteiger charge is 2.49. The molecule has 8 nitrogen and oxygen atoms in total. The summed E-state index contributed by atoms with van der Waals surface area (Å²) in [6.45, 7) is 0.711. The number of piperidine rings is 1. The molecule has 0 saturated carbocycles. The molecule has 0 bridgehead atoms. The van der Waals surface area contributed by atoms with Crippen LogP contribution in [0.15, 0.2) is 6.20 Å². The van der Waals surface area contributed by atoms with E-state index in [1.54, 1.807) is 0 Å². The average molecular weight is 281 g/mol. The van der Waals surface area contributed by atoms with Crippen LogP contribution in [0.1, 0.15) is 23.3 Å². The first-order chi connectivity index (χ1) is 9.11. The Kier molecular flexibility index (Phi) is 2.70. The molecule has 1 aromatic heterocycles. The number of hydrogen-bond acceptors (Lipinski definition) is 6. The molecule has 1 atom stereocenters. The van der Waals surface area contributed by atoms with E-state index in [2.05, 4.69) is 19.4 Å². The van der Waals surface area contributed by atoms with Gasteiger partial charge in [-0.15, -0.1) is 0 Å². The maximum atomic E-state index is 12.2. The van der Waals surface area contributed by atoms with Gasteiger partial charge in [-0.3, -0.25) is 14.9 Å². The predicted molar refractivity (Wildman–Crippen MR) is 64.5 cm³/mol. The van der Waals surface area contributed by atoms with Gasteiger partial charge in [0.2, 0.25) is 0 Å². The maximum Gasteiger partial charge on any atom is 0.322 e. The van der Waals surface area contributed by atoms with Gasteiger partial charge in [-0.2, -0.15) is 8.75 Å². The molecule has 3 heterocycles. The molecule has 2 aliphatic heterocycles. The number of carbonyl (C=O) groups is 3. The van der Waals surface area contributed by atoms with Crippen molar-refractivity contribution in [2.75, 3.05) is 13.1 Å². The van der Waals surface area contributed by atoms with Crippen molar-refractivity contribution in [2.24, 2.45) is 0 Å². The number of aromatic nitrogens is 2. The van der Waals surface area contributed by atoms with Gasteiger partial charge in [-0.05, 0) is 12.8 Å². The second-order valence-electron chi connectivity index (χ2n) is 4.61. The van der Waals surface area contributed by atoms with Crippen molar-refractivity contribution in [2.45, 2.75) is 18.4 Å². The molecule has 2 aliphatic rings. The lowest BCUT2D eigenvalue weighted by Crippen LogP contribution is -2.59. The summed E-state index contributed by atoms with van der Waals surface area (Å²) in [7, 11) is 0. The monoisotopic (exact) mass is 281 g/mol. The lowest BCUT2D eigenvalue weighted by molar-refractivity contribution is -0.125. The van der Waals surface area contributed by atoms with E-state index in [9.17, 15) is 14.4 Å². The van der Waals surface area contributed by atoms with E-state index in [0.717, 1.165) is 11.7 Å². The van der Waals surface area contributed by atoms with Gasteiger partial charge >= 0.3 is 6.03 Å². The van der Waals surface area contributed by atoms with Crippen molar-refractivity contribution in [1.29, 1.82) is 0 Å². The number of amides is 4. The van der Waals surface area contributed by atoms with Crippen molar-refractivity contribution in [3.8, 4) is 0 Å². The number of nitrogens with one attached hydrogen (secondary N) is 2. The Morgan fingerprint density at radius 1 is 1.47 bits per heavy atom. The van der Waals surface area contributed by atoms with Crippen molar-refractivity contribution in [3.63, 3.8) is 0 Å². The molecule has 2 N–H and O–H groups in total. The topological polar surface area (TPSA) is 104 Å². The van der Waals surface area contributed by atoms with Gasteiger partial charge in [0.05, 0.1) is 24.5 Å². The van der Waals surface area contributed by atoms with Crippen LogP contribution in [0, 0.1) is 0 Å². The molecule has 1 aromatic rings. The number of nitrogens with zero attached hydrogens (tertiary/aromatic N) is 3. The molecule has 0 radical (unpaired) electrons. The summed E-state index contributed by atoms with van der Waals surface area (Å²) < 4.78 is 7.68. The standard InChI is InChI=1S/C10H11N5O3S/c16-7(6-4-11-19-14-6)15-3-1-2-10(5-15)8(17)12-9(18)13-10/h4H,1-3,5H2,(H2,12,13,17,18). The molecule has 2 fully saturated rings. The Balaban J connectivity index is 1.80. The molecule has 19 heavy (non-hydrogen) atoms. The normalized spacial score (nSPS) is 26.4. The molecule has 100 valence electrons. The van der Waals surface area contributed by atoms with Gasteiger partial charge in [0.15, 0.2) is 5.69 Å². The summed E-state index contributed by atoms with van der Waals surface area (Å²) in [6, 6.07) is -0.505. The van der Waals surface area contributed by atoms with Gasteiger partial charge in [-0.25, -0.2) is 4.79 Å². The Morgan fingerprint density at radius 3 is 2.95 bits per heavy atom. The Labute approximate surface area is 112 Å². The van der Waals surface area contributed by atoms with Gasteiger partial charge < -0.3 is 10.2 Å². The average Bonchev–Trinajstić information content (AvgIpc) is 2.99. The van der Waals surface area contributed by atoms with Crippen molar-refractivity contribution < 1.29 is 14.4 Å². The zero-order valence-electron chi connectivity index (χ0n) is 9.88. The lowest BCUT2D eigenvalue weighted by Gasteiger charge is -2.37. The number of carbonyl (C=O) groups excluding carboxylic acids is 3. The highest BCUT2D eigenvalue weighted by atomic mass is 32.1. The summed E-state index contributed by atoms with van der Waals surface area (Å²) in [5.74, 6) is -0.631. The molecule has 1 unspecified atom stereocenters. The number of imide groups is 1.